The van der Waals surface area contributed by atoms with E-state index in [1.165, 1.54) is 5.56 Å². The average molecular weight is 363 g/mol. The van der Waals surface area contributed by atoms with Gasteiger partial charge in [0.25, 0.3) is 5.91 Å². The van der Waals surface area contributed by atoms with Crippen LogP contribution in [0.4, 0.5) is 5.69 Å². The highest BCUT2D eigenvalue weighted by atomic mass is 16.1. The molecule has 0 saturated carbocycles. The van der Waals surface area contributed by atoms with Gasteiger partial charge >= 0.3 is 0 Å². The number of hydrogen-bond acceptors (Lipinski definition) is 4. The van der Waals surface area contributed by atoms with E-state index in [2.05, 4.69) is 58.2 Å². The van der Waals surface area contributed by atoms with Crippen LogP contribution in [0.5, 0.6) is 0 Å². The molecule has 0 spiro atoms. The molecular weight excluding hydrogens is 338 g/mol. The largest absolute Gasteiger partial charge is 0.388 e. The molecule has 0 aliphatic carbocycles. The predicted molar refractivity (Wildman–Crippen MR) is 108 cm³/mol. The number of carbonyl (C=O) groups is 1. The van der Waals surface area contributed by atoms with E-state index >= 15 is 0 Å². The van der Waals surface area contributed by atoms with E-state index in [4.69, 9.17) is 0 Å². The first-order chi connectivity index (χ1) is 12.9. The standard InChI is InChI=1S/C21H25N5O/c1-13-6-8-16(9-7-13)17-10-18(14(2)19(11-17)22-4)21(27)23-12-20-15(3)24-25-26(20)5/h6-11,22H,12H2,1-5H3,(H,23,27). The summed E-state index contributed by atoms with van der Waals surface area (Å²) in [6.45, 7) is 6.29. The molecule has 0 fully saturated rings. The van der Waals surface area contributed by atoms with Gasteiger partial charge < -0.3 is 10.6 Å². The van der Waals surface area contributed by atoms with E-state index in [1.54, 1.807) is 4.68 Å². The molecule has 2 aromatic carbocycles. The minimum Gasteiger partial charge on any atom is -0.388 e. The summed E-state index contributed by atoms with van der Waals surface area (Å²) >= 11 is 0. The van der Waals surface area contributed by atoms with Crippen molar-refractivity contribution in [1.29, 1.82) is 0 Å². The third-order valence-electron chi connectivity index (χ3n) is 4.86. The Morgan fingerprint density at radius 2 is 1.78 bits per heavy atom. The van der Waals surface area contributed by atoms with Gasteiger partial charge in [-0.25, -0.2) is 0 Å². The highest BCUT2D eigenvalue weighted by molar-refractivity contribution is 5.98. The van der Waals surface area contributed by atoms with E-state index in [0.717, 1.165) is 33.8 Å². The van der Waals surface area contributed by atoms with Gasteiger partial charge in [0.15, 0.2) is 0 Å². The minimum atomic E-state index is -0.112. The first kappa shape index (κ1) is 18.6. The summed E-state index contributed by atoms with van der Waals surface area (Å²) in [5.41, 5.74) is 7.53. The molecule has 0 bridgehead atoms. The normalized spacial score (nSPS) is 10.7. The molecule has 0 radical (unpaired) electrons. The van der Waals surface area contributed by atoms with Gasteiger partial charge in [0.2, 0.25) is 0 Å². The third kappa shape index (κ3) is 3.84. The van der Waals surface area contributed by atoms with Crippen LogP contribution in [0.15, 0.2) is 36.4 Å². The Morgan fingerprint density at radius 1 is 1.07 bits per heavy atom. The zero-order valence-electron chi connectivity index (χ0n) is 16.4. The lowest BCUT2D eigenvalue weighted by Gasteiger charge is -2.15. The molecule has 140 valence electrons. The van der Waals surface area contributed by atoms with Gasteiger partial charge in [-0.05, 0) is 49.6 Å². The van der Waals surface area contributed by atoms with Crippen LogP contribution in [-0.4, -0.2) is 27.9 Å². The van der Waals surface area contributed by atoms with Crippen LogP contribution in [0.2, 0.25) is 0 Å². The van der Waals surface area contributed by atoms with Gasteiger partial charge in [0.1, 0.15) is 0 Å². The fourth-order valence-corrected chi connectivity index (χ4v) is 3.10. The molecule has 27 heavy (non-hydrogen) atoms. The zero-order valence-corrected chi connectivity index (χ0v) is 16.4. The van der Waals surface area contributed by atoms with Crippen molar-refractivity contribution in [3.63, 3.8) is 0 Å². The Labute approximate surface area is 159 Å². The topological polar surface area (TPSA) is 71.8 Å². The van der Waals surface area contributed by atoms with Crippen molar-refractivity contribution in [2.45, 2.75) is 27.3 Å². The summed E-state index contributed by atoms with van der Waals surface area (Å²) in [5, 5.41) is 14.2. The first-order valence-electron chi connectivity index (χ1n) is 8.93. The van der Waals surface area contributed by atoms with Crippen molar-refractivity contribution in [1.82, 2.24) is 20.3 Å². The number of amides is 1. The summed E-state index contributed by atoms with van der Waals surface area (Å²) in [6, 6.07) is 12.3. The number of carbonyl (C=O) groups excluding carboxylic acids is 1. The number of aromatic nitrogens is 3. The number of hydrogen-bond donors (Lipinski definition) is 2. The molecule has 0 saturated heterocycles. The molecule has 0 unspecified atom stereocenters. The van der Waals surface area contributed by atoms with E-state index in [0.29, 0.717) is 12.1 Å². The predicted octanol–water partition coefficient (Wildman–Crippen LogP) is 3.38. The fraction of sp³-hybridized carbons (Fsp3) is 0.286. The van der Waals surface area contributed by atoms with Gasteiger partial charge in [-0.3, -0.25) is 9.48 Å². The third-order valence-corrected chi connectivity index (χ3v) is 4.86. The summed E-state index contributed by atoms with van der Waals surface area (Å²) in [7, 11) is 3.69. The molecule has 1 heterocycles. The molecule has 0 aliphatic rings. The van der Waals surface area contributed by atoms with Gasteiger partial charge in [-0.1, -0.05) is 35.0 Å². The van der Waals surface area contributed by atoms with Gasteiger partial charge in [-0.15, -0.1) is 5.10 Å². The summed E-state index contributed by atoms with van der Waals surface area (Å²) < 4.78 is 1.68. The van der Waals surface area contributed by atoms with Crippen LogP contribution in [0.25, 0.3) is 11.1 Å². The lowest BCUT2D eigenvalue weighted by atomic mass is 9.97. The van der Waals surface area contributed by atoms with Crippen LogP contribution in [0.1, 0.15) is 32.9 Å². The van der Waals surface area contributed by atoms with Crippen LogP contribution in [0, 0.1) is 20.8 Å². The fourth-order valence-electron chi connectivity index (χ4n) is 3.10. The maximum atomic E-state index is 12.9. The lowest BCUT2D eigenvalue weighted by molar-refractivity contribution is 0.0949. The van der Waals surface area contributed by atoms with Crippen molar-refractivity contribution in [2.24, 2.45) is 7.05 Å². The molecule has 3 aromatic rings. The quantitative estimate of drug-likeness (QED) is 0.729. The Bertz CT molecular complexity index is 953. The lowest BCUT2D eigenvalue weighted by Crippen LogP contribution is -2.25. The summed E-state index contributed by atoms with van der Waals surface area (Å²) in [6.07, 6.45) is 0. The number of benzene rings is 2. The van der Waals surface area contributed by atoms with Crippen LogP contribution in [-0.2, 0) is 13.6 Å². The van der Waals surface area contributed by atoms with E-state index in [1.807, 2.05) is 34.0 Å². The van der Waals surface area contributed by atoms with Gasteiger partial charge in [-0.2, -0.15) is 0 Å². The Hall–Kier alpha value is -3.15. The van der Waals surface area contributed by atoms with Crippen molar-refractivity contribution >= 4 is 11.6 Å². The second-order valence-corrected chi connectivity index (χ2v) is 6.74. The Kier molecular flexibility index (Phi) is 5.26. The zero-order chi connectivity index (χ0) is 19.6. The van der Waals surface area contributed by atoms with Crippen LogP contribution < -0.4 is 10.6 Å². The Balaban J connectivity index is 1.92. The monoisotopic (exact) mass is 363 g/mol. The minimum absolute atomic E-state index is 0.112. The molecule has 3 rings (SSSR count). The highest BCUT2D eigenvalue weighted by Gasteiger charge is 2.16. The molecule has 1 aromatic heterocycles. The maximum absolute atomic E-state index is 12.9. The van der Waals surface area contributed by atoms with Crippen molar-refractivity contribution in [2.75, 3.05) is 12.4 Å². The maximum Gasteiger partial charge on any atom is 0.251 e. The molecule has 6 nitrogen and oxygen atoms in total. The van der Waals surface area contributed by atoms with Gasteiger partial charge in [0.05, 0.1) is 17.9 Å². The second-order valence-electron chi connectivity index (χ2n) is 6.74. The van der Waals surface area contributed by atoms with Crippen molar-refractivity contribution < 1.29 is 4.79 Å². The molecule has 2 N–H and O–H groups in total. The van der Waals surface area contributed by atoms with E-state index in [9.17, 15) is 4.79 Å². The molecule has 0 atom stereocenters. The molecule has 6 heteroatoms. The second kappa shape index (κ2) is 7.61. The van der Waals surface area contributed by atoms with Crippen LogP contribution >= 0.6 is 0 Å². The molecule has 0 aliphatic heterocycles. The van der Waals surface area contributed by atoms with E-state index in [-0.39, 0.29) is 5.91 Å². The Morgan fingerprint density at radius 3 is 2.37 bits per heavy atom. The number of nitrogens with one attached hydrogen (secondary N) is 2. The number of aryl methyl sites for hydroxylation is 3. The van der Waals surface area contributed by atoms with Crippen molar-refractivity contribution in [3.05, 3.63) is 64.5 Å². The smallest absolute Gasteiger partial charge is 0.251 e. The SMILES string of the molecule is CNc1cc(-c2ccc(C)cc2)cc(C(=O)NCc2c(C)nnn2C)c1C. The summed E-state index contributed by atoms with van der Waals surface area (Å²) in [4.78, 5) is 12.9. The number of nitrogens with zero attached hydrogens (tertiary/aromatic N) is 3. The molecule has 1 amide bonds. The molecular formula is C21H25N5O. The average Bonchev–Trinajstić information content (AvgIpc) is 2.98. The number of anilines is 1. The van der Waals surface area contributed by atoms with Gasteiger partial charge in [0, 0.05) is 25.3 Å². The number of rotatable bonds is 5. The highest BCUT2D eigenvalue weighted by Crippen LogP contribution is 2.29. The first-order valence-corrected chi connectivity index (χ1v) is 8.93. The van der Waals surface area contributed by atoms with Crippen molar-refractivity contribution in [3.8, 4) is 11.1 Å². The van der Waals surface area contributed by atoms with Crippen LogP contribution in [0.3, 0.4) is 0 Å². The summed E-state index contributed by atoms with van der Waals surface area (Å²) in [5.74, 6) is -0.112. The van der Waals surface area contributed by atoms with E-state index < -0.39 is 0 Å².